The van der Waals surface area contributed by atoms with Crippen LogP contribution in [-0.4, -0.2) is 62.7 Å². The van der Waals surface area contributed by atoms with Gasteiger partial charge in [-0.05, 0) is 51.2 Å². The molecule has 0 aliphatic heterocycles. The molecule has 0 spiro atoms. The summed E-state index contributed by atoms with van der Waals surface area (Å²) in [5.41, 5.74) is 1.69. The Bertz CT molecular complexity index is 994. The molecule has 10 nitrogen and oxygen atoms in total. The number of hydrogen-bond acceptors (Lipinski definition) is 8. The number of nitrogens with one attached hydrogen (secondary N) is 2. The molecule has 0 amide bonds. The first-order chi connectivity index (χ1) is 14.6. The number of thiophene rings is 1. The molecule has 0 aliphatic carbocycles. The van der Waals surface area contributed by atoms with Crippen LogP contribution in [0.1, 0.15) is 36.9 Å². The van der Waals surface area contributed by atoms with Gasteiger partial charge in [0.25, 0.3) is 11.9 Å². The van der Waals surface area contributed by atoms with Crippen molar-refractivity contribution < 1.29 is 24.6 Å². The summed E-state index contributed by atoms with van der Waals surface area (Å²) in [5, 5.41) is 25.9. The molecule has 3 rings (SSSR count). The summed E-state index contributed by atoms with van der Waals surface area (Å²) in [4.78, 5) is 35.6. The molecule has 3 aromatic heterocycles. The normalized spacial score (nSPS) is 9.81. The number of rotatable bonds is 7. The molecular formula is C20H27N5O5S. The van der Waals surface area contributed by atoms with Gasteiger partial charge in [-0.25, -0.2) is 9.50 Å². The van der Waals surface area contributed by atoms with Crippen LogP contribution in [0.25, 0.3) is 16.2 Å². The predicted octanol–water partition coefficient (Wildman–Crippen LogP) is 2.86. The van der Waals surface area contributed by atoms with Crippen molar-refractivity contribution in [1.29, 1.82) is 0 Å². The fourth-order valence-electron chi connectivity index (χ4n) is 2.28. The maximum atomic E-state index is 11.5. The minimum absolute atomic E-state index is 0.0786. The van der Waals surface area contributed by atoms with Gasteiger partial charge in [0.2, 0.25) is 0 Å². The van der Waals surface area contributed by atoms with Crippen LogP contribution in [0.4, 0.5) is 5.82 Å². The van der Waals surface area contributed by atoms with Gasteiger partial charge in [0.1, 0.15) is 11.5 Å². The number of carbonyl (C=O) groups excluding carboxylic acids is 1. The first kappa shape index (κ1) is 25.7. The molecule has 3 aromatic rings. The summed E-state index contributed by atoms with van der Waals surface area (Å²) in [5.74, 6) is -0.772. The van der Waals surface area contributed by atoms with Crippen LogP contribution < -0.4 is 10.6 Å². The second kappa shape index (κ2) is 13.1. The van der Waals surface area contributed by atoms with E-state index in [-0.39, 0.29) is 5.78 Å². The molecule has 0 aliphatic rings. The van der Waals surface area contributed by atoms with Crippen LogP contribution in [-0.2, 0) is 9.59 Å². The summed E-state index contributed by atoms with van der Waals surface area (Å²) in [6.07, 6.45) is 2.82. The number of ketones is 1. The average Bonchev–Trinajstić information content (AvgIpc) is 3.31. The lowest BCUT2D eigenvalue weighted by atomic mass is 10.3. The molecule has 0 aromatic carbocycles. The lowest BCUT2D eigenvalue weighted by Gasteiger charge is -2.06. The Kier molecular flexibility index (Phi) is 10.9. The molecule has 0 unspecified atom stereocenters. The molecule has 3 heterocycles. The van der Waals surface area contributed by atoms with E-state index in [4.69, 9.17) is 19.8 Å². The Balaban J connectivity index is 0.000000519. The van der Waals surface area contributed by atoms with Crippen LogP contribution in [0.3, 0.4) is 0 Å². The van der Waals surface area contributed by atoms with Gasteiger partial charge in [-0.15, -0.1) is 16.4 Å². The molecule has 168 valence electrons. The molecule has 0 bridgehead atoms. The van der Waals surface area contributed by atoms with Crippen molar-refractivity contribution in [2.45, 2.75) is 27.2 Å². The average molecular weight is 450 g/mol. The van der Waals surface area contributed by atoms with Crippen molar-refractivity contribution in [1.82, 2.24) is 19.9 Å². The van der Waals surface area contributed by atoms with E-state index in [1.807, 2.05) is 35.8 Å². The third-order valence-corrected chi connectivity index (χ3v) is 4.69. The zero-order chi connectivity index (χ0) is 23.4. The number of Topliss-reactive ketones (excluding diaryl/α,β-unsaturated/α-hetero) is 1. The summed E-state index contributed by atoms with van der Waals surface area (Å²) < 4.78 is 1.82. The zero-order valence-corrected chi connectivity index (χ0v) is 18.7. The Labute approximate surface area is 183 Å². The van der Waals surface area contributed by atoms with Gasteiger partial charge < -0.3 is 20.8 Å². The first-order valence-electron chi connectivity index (χ1n) is 9.39. The number of hydrogen-bond donors (Lipinski definition) is 4. The topological polar surface area (TPSA) is 146 Å². The van der Waals surface area contributed by atoms with Crippen molar-refractivity contribution in [2.24, 2.45) is 0 Å². The molecule has 0 radical (unpaired) electrons. The highest BCUT2D eigenvalue weighted by atomic mass is 32.1. The number of carboxylic acids is 2. The quantitative estimate of drug-likeness (QED) is 0.316. The smallest absolute Gasteiger partial charge is 0.300 e. The number of carboxylic acid groups (broad SMARTS) is 2. The number of aromatic nitrogens is 3. The predicted molar refractivity (Wildman–Crippen MR) is 120 cm³/mol. The Morgan fingerprint density at radius 2 is 1.68 bits per heavy atom. The van der Waals surface area contributed by atoms with Gasteiger partial charge in [0.15, 0.2) is 11.4 Å². The number of anilines is 1. The van der Waals surface area contributed by atoms with Gasteiger partial charge in [0.05, 0.1) is 16.0 Å². The van der Waals surface area contributed by atoms with Crippen LogP contribution in [0.2, 0.25) is 0 Å². The number of imidazole rings is 1. The molecule has 0 saturated carbocycles. The van der Waals surface area contributed by atoms with E-state index in [1.165, 1.54) is 11.3 Å². The highest BCUT2D eigenvalue weighted by molar-refractivity contribution is 7.17. The van der Waals surface area contributed by atoms with E-state index in [2.05, 4.69) is 20.7 Å². The van der Waals surface area contributed by atoms with Crippen LogP contribution in [0, 0.1) is 0 Å². The molecule has 31 heavy (non-hydrogen) atoms. The van der Waals surface area contributed by atoms with Gasteiger partial charge >= 0.3 is 0 Å². The first-order valence-corrected chi connectivity index (χ1v) is 10.2. The maximum absolute atomic E-state index is 11.5. The Morgan fingerprint density at radius 3 is 2.23 bits per heavy atom. The Morgan fingerprint density at radius 1 is 1.03 bits per heavy atom. The van der Waals surface area contributed by atoms with Crippen LogP contribution in [0.5, 0.6) is 0 Å². The molecule has 0 atom stereocenters. The number of nitrogens with zero attached hydrogens (tertiary/aromatic N) is 3. The van der Waals surface area contributed by atoms with E-state index < -0.39 is 11.9 Å². The summed E-state index contributed by atoms with van der Waals surface area (Å²) in [7, 11) is 1.94. The van der Waals surface area contributed by atoms with Crippen molar-refractivity contribution in [3.8, 4) is 10.6 Å². The fourth-order valence-corrected chi connectivity index (χ4v) is 3.18. The maximum Gasteiger partial charge on any atom is 0.300 e. The molecule has 0 saturated heterocycles. The number of carbonyl (C=O) groups is 3. The summed E-state index contributed by atoms with van der Waals surface area (Å²) in [6.45, 7) is 5.57. The monoisotopic (exact) mass is 449 g/mol. The fraction of sp³-hybridized carbons (Fsp3) is 0.350. The highest BCUT2D eigenvalue weighted by Crippen LogP contribution is 2.28. The number of aliphatic carboxylic acids is 2. The summed E-state index contributed by atoms with van der Waals surface area (Å²) in [6, 6.07) is 7.67. The minimum Gasteiger partial charge on any atom is -0.481 e. The van der Waals surface area contributed by atoms with Gasteiger partial charge in [0, 0.05) is 20.4 Å². The third-order valence-electron chi connectivity index (χ3n) is 3.48. The van der Waals surface area contributed by atoms with Crippen molar-refractivity contribution in [2.75, 3.05) is 25.5 Å². The Hall–Kier alpha value is -3.31. The molecule has 0 fully saturated rings. The lowest BCUT2D eigenvalue weighted by Crippen LogP contribution is -2.13. The van der Waals surface area contributed by atoms with Gasteiger partial charge in [-0.3, -0.25) is 14.4 Å². The number of fused-ring (bicyclic) bond motifs is 1. The standard InChI is InChI=1S/C16H19N5OS.2C2H4O2/c1-11(22)13-4-5-14(23-13)12-10-19-16-7-6-15(20-21(12)16)18-9-3-8-17-2;2*1-2(3)4/h4-7,10,17H,3,8-9H2,1-2H3,(H,18,20);2*1H3,(H,3,4). The second-order valence-electron chi connectivity index (χ2n) is 6.27. The lowest BCUT2D eigenvalue weighted by molar-refractivity contribution is -0.135. The van der Waals surface area contributed by atoms with Crippen LogP contribution in [0.15, 0.2) is 30.5 Å². The van der Waals surface area contributed by atoms with Gasteiger partial charge in [-0.2, -0.15) is 0 Å². The van der Waals surface area contributed by atoms with Crippen LogP contribution >= 0.6 is 11.3 Å². The van der Waals surface area contributed by atoms with E-state index >= 15 is 0 Å². The largest absolute Gasteiger partial charge is 0.481 e. The van der Waals surface area contributed by atoms with E-state index in [1.54, 1.807) is 13.1 Å². The SMILES string of the molecule is CC(=O)O.CC(=O)O.CNCCCNc1ccc2ncc(-c3ccc(C(C)=O)s3)n2n1. The van der Waals surface area contributed by atoms with Gasteiger partial charge in [-0.1, -0.05) is 0 Å². The molecule has 4 N–H and O–H groups in total. The third kappa shape index (κ3) is 9.36. The van der Waals surface area contributed by atoms with E-state index in [9.17, 15) is 4.79 Å². The van der Waals surface area contributed by atoms with Crippen molar-refractivity contribution in [3.63, 3.8) is 0 Å². The van der Waals surface area contributed by atoms with E-state index in [0.29, 0.717) is 0 Å². The van der Waals surface area contributed by atoms with Crippen molar-refractivity contribution >= 4 is 40.5 Å². The molecule has 11 heteroatoms. The van der Waals surface area contributed by atoms with Crippen molar-refractivity contribution in [3.05, 3.63) is 35.3 Å². The second-order valence-corrected chi connectivity index (χ2v) is 7.36. The highest BCUT2D eigenvalue weighted by Gasteiger charge is 2.12. The minimum atomic E-state index is -0.833. The molecular weight excluding hydrogens is 422 g/mol. The van der Waals surface area contributed by atoms with E-state index in [0.717, 1.165) is 60.3 Å². The summed E-state index contributed by atoms with van der Waals surface area (Å²) >= 11 is 1.46. The zero-order valence-electron chi connectivity index (χ0n) is 17.9.